The molecule has 0 heterocycles. The Morgan fingerprint density at radius 1 is 0.484 bits per heavy atom. The van der Waals surface area contributed by atoms with E-state index in [1.165, 1.54) is 135 Å². The van der Waals surface area contributed by atoms with Gasteiger partial charge in [0.1, 0.15) is 6.61 Å². The van der Waals surface area contributed by atoms with Crippen LogP contribution in [0.5, 0.6) is 0 Å². The standard InChI is InChI=1S/C55H106N2O5/c1-8-12-16-26-36-51(37-27-17-13-9-2)40-35-47-61-54(59)42-30-22-20-24-32-45-57(53(58)41-34-44-56(6)7)46-33-25-21-23-31-43-55(60)62-49-50(5)48-52(38-28-18-14-10-3)39-29-19-15-11-4/h35,40,50-52H,8-34,36-39,41-49H2,1-7H3/b40-35-. The van der Waals surface area contributed by atoms with Crippen LogP contribution in [0.25, 0.3) is 0 Å². The molecule has 0 radical (unpaired) electrons. The van der Waals surface area contributed by atoms with Crippen molar-refractivity contribution in [3.63, 3.8) is 0 Å². The second-order valence-electron chi connectivity index (χ2n) is 19.5. The van der Waals surface area contributed by atoms with Crippen LogP contribution in [0.15, 0.2) is 12.2 Å². The molecule has 0 rings (SSSR count). The van der Waals surface area contributed by atoms with Crippen molar-refractivity contribution in [2.45, 2.75) is 259 Å². The summed E-state index contributed by atoms with van der Waals surface area (Å²) in [7, 11) is 4.12. The number of amides is 1. The van der Waals surface area contributed by atoms with Gasteiger partial charge in [0.15, 0.2) is 0 Å². The number of rotatable bonds is 47. The molecule has 0 fully saturated rings. The molecule has 1 atom stereocenters. The predicted molar refractivity (Wildman–Crippen MR) is 267 cm³/mol. The third-order valence-electron chi connectivity index (χ3n) is 12.8. The highest BCUT2D eigenvalue weighted by molar-refractivity contribution is 5.76. The summed E-state index contributed by atoms with van der Waals surface area (Å²) in [5.74, 6) is 1.95. The van der Waals surface area contributed by atoms with Gasteiger partial charge in [-0.3, -0.25) is 14.4 Å². The summed E-state index contributed by atoms with van der Waals surface area (Å²) < 4.78 is 11.3. The van der Waals surface area contributed by atoms with Crippen LogP contribution in [-0.4, -0.2) is 74.6 Å². The van der Waals surface area contributed by atoms with E-state index in [9.17, 15) is 14.4 Å². The normalized spacial score (nSPS) is 12.3. The quantitative estimate of drug-likeness (QED) is 0.0344. The van der Waals surface area contributed by atoms with Crippen LogP contribution < -0.4 is 0 Å². The Bertz CT molecular complexity index is 1010. The molecule has 0 aliphatic heterocycles. The number of allylic oxidation sites excluding steroid dienone is 1. The van der Waals surface area contributed by atoms with Crippen LogP contribution in [0.4, 0.5) is 0 Å². The Balaban J connectivity index is 4.42. The lowest BCUT2D eigenvalue weighted by Gasteiger charge is -2.23. The van der Waals surface area contributed by atoms with Gasteiger partial charge in [0.25, 0.3) is 0 Å². The number of hydrogen-bond acceptors (Lipinski definition) is 6. The van der Waals surface area contributed by atoms with E-state index in [0.29, 0.717) is 44.3 Å². The first-order valence-corrected chi connectivity index (χ1v) is 27.1. The summed E-state index contributed by atoms with van der Waals surface area (Å²) in [5.41, 5.74) is 0. The van der Waals surface area contributed by atoms with Crippen LogP contribution in [0.2, 0.25) is 0 Å². The van der Waals surface area contributed by atoms with E-state index in [4.69, 9.17) is 9.47 Å². The van der Waals surface area contributed by atoms with E-state index in [1.54, 1.807) is 0 Å². The molecule has 7 heteroatoms. The molecule has 0 aliphatic rings. The van der Waals surface area contributed by atoms with Crippen molar-refractivity contribution in [1.82, 2.24) is 9.80 Å². The van der Waals surface area contributed by atoms with Gasteiger partial charge in [0.2, 0.25) is 5.91 Å². The maximum Gasteiger partial charge on any atom is 0.306 e. The summed E-state index contributed by atoms with van der Waals surface area (Å²) >= 11 is 0. The summed E-state index contributed by atoms with van der Waals surface area (Å²) in [5, 5.41) is 0. The monoisotopic (exact) mass is 875 g/mol. The fourth-order valence-electron chi connectivity index (χ4n) is 8.78. The lowest BCUT2D eigenvalue weighted by atomic mass is 9.87. The predicted octanol–water partition coefficient (Wildman–Crippen LogP) is 15.6. The van der Waals surface area contributed by atoms with Crippen LogP contribution in [0, 0.1) is 17.8 Å². The van der Waals surface area contributed by atoms with Crippen molar-refractivity contribution in [3.05, 3.63) is 12.2 Å². The average Bonchev–Trinajstić information content (AvgIpc) is 3.25. The minimum Gasteiger partial charge on any atom is -0.465 e. The maximum atomic E-state index is 13.2. The number of esters is 2. The number of unbranched alkanes of at least 4 members (excludes halogenated alkanes) is 20. The third-order valence-corrected chi connectivity index (χ3v) is 12.8. The zero-order valence-corrected chi connectivity index (χ0v) is 42.6. The molecule has 62 heavy (non-hydrogen) atoms. The highest BCUT2D eigenvalue weighted by atomic mass is 16.5. The van der Waals surface area contributed by atoms with E-state index >= 15 is 0 Å². The van der Waals surface area contributed by atoms with Gasteiger partial charge in [0, 0.05) is 32.4 Å². The molecule has 1 amide bonds. The first kappa shape index (κ1) is 60.1. The molecule has 0 aliphatic carbocycles. The average molecular weight is 875 g/mol. The van der Waals surface area contributed by atoms with Crippen molar-refractivity contribution < 1.29 is 23.9 Å². The molecular formula is C55H106N2O5. The molecule has 0 aromatic heterocycles. The van der Waals surface area contributed by atoms with Crippen molar-refractivity contribution in [2.24, 2.45) is 17.8 Å². The molecule has 366 valence electrons. The Morgan fingerprint density at radius 2 is 0.919 bits per heavy atom. The zero-order valence-electron chi connectivity index (χ0n) is 42.6. The first-order valence-electron chi connectivity index (χ1n) is 27.1. The van der Waals surface area contributed by atoms with E-state index in [0.717, 1.165) is 96.2 Å². The largest absolute Gasteiger partial charge is 0.465 e. The van der Waals surface area contributed by atoms with Gasteiger partial charge >= 0.3 is 11.9 Å². The molecule has 7 nitrogen and oxygen atoms in total. The third kappa shape index (κ3) is 40.9. The summed E-state index contributed by atoms with van der Waals surface area (Å²) in [4.78, 5) is 42.4. The molecule has 0 spiro atoms. The van der Waals surface area contributed by atoms with E-state index in [1.807, 2.05) is 0 Å². The second-order valence-corrected chi connectivity index (χ2v) is 19.5. The molecule has 0 aromatic carbocycles. The summed E-state index contributed by atoms with van der Waals surface area (Å²) in [6.45, 7) is 14.9. The molecule has 0 N–H and O–H groups in total. The van der Waals surface area contributed by atoms with E-state index < -0.39 is 0 Å². The van der Waals surface area contributed by atoms with Gasteiger partial charge in [-0.15, -0.1) is 0 Å². The van der Waals surface area contributed by atoms with Crippen LogP contribution >= 0.6 is 0 Å². The van der Waals surface area contributed by atoms with Gasteiger partial charge in [-0.25, -0.2) is 0 Å². The number of nitrogens with zero attached hydrogens (tertiary/aromatic N) is 2. The number of ether oxygens (including phenoxy) is 2. The highest BCUT2D eigenvalue weighted by Gasteiger charge is 2.16. The van der Waals surface area contributed by atoms with Gasteiger partial charge < -0.3 is 19.3 Å². The lowest BCUT2D eigenvalue weighted by molar-refractivity contribution is -0.145. The fraction of sp³-hybridized carbons (Fsp3) is 0.909. The molecule has 0 saturated carbocycles. The van der Waals surface area contributed by atoms with E-state index in [-0.39, 0.29) is 17.8 Å². The molecule has 0 aromatic rings. The lowest BCUT2D eigenvalue weighted by Crippen LogP contribution is -2.33. The zero-order chi connectivity index (χ0) is 45.7. The first-order chi connectivity index (χ1) is 30.2. The smallest absolute Gasteiger partial charge is 0.306 e. The van der Waals surface area contributed by atoms with Gasteiger partial charge in [-0.1, -0.05) is 201 Å². The molecule has 0 bridgehead atoms. The minimum absolute atomic E-state index is 0.0402. The summed E-state index contributed by atoms with van der Waals surface area (Å²) in [6, 6.07) is 0. The molecule has 0 saturated heterocycles. The van der Waals surface area contributed by atoms with Crippen molar-refractivity contribution in [1.29, 1.82) is 0 Å². The minimum atomic E-state index is -0.0865. The number of carbonyl (C=O) groups excluding carboxylic acids is 3. The fourth-order valence-corrected chi connectivity index (χ4v) is 8.78. The van der Waals surface area contributed by atoms with Crippen molar-refractivity contribution >= 4 is 17.8 Å². The van der Waals surface area contributed by atoms with Gasteiger partial charge in [0.05, 0.1) is 6.61 Å². The number of carbonyl (C=O) groups is 3. The van der Waals surface area contributed by atoms with Crippen LogP contribution in [0.1, 0.15) is 259 Å². The van der Waals surface area contributed by atoms with Crippen molar-refractivity contribution in [2.75, 3.05) is 46.9 Å². The SMILES string of the molecule is CCCCCCC(/C=C\COC(=O)CCCCCCCN(CCCCCCCC(=O)OCC(C)CC(CCCCCC)CCCCCC)C(=O)CCCN(C)C)CCCCCC. The molecule has 1 unspecified atom stereocenters. The topological polar surface area (TPSA) is 76.1 Å². The number of hydrogen-bond donors (Lipinski definition) is 0. The Morgan fingerprint density at radius 3 is 1.40 bits per heavy atom. The van der Waals surface area contributed by atoms with Crippen molar-refractivity contribution in [3.8, 4) is 0 Å². The Kier molecular flexibility index (Phi) is 44.3. The van der Waals surface area contributed by atoms with Crippen LogP contribution in [0.3, 0.4) is 0 Å². The Labute approximate surface area is 386 Å². The van der Waals surface area contributed by atoms with E-state index in [2.05, 4.69) is 70.7 Å². The van der Waals surface area contributed by atoms with Gasteiger partial charge in [-0.2, -0.15) is 0 Å². The maximum absolute atomic E-state index is 13.2. The van der Waals surface area contributed by atoms with Crippen LogP contribution in [-0.2, 0) is 23.9 Å². The molecular weight excluding hydrogens is 769 g/mol. The summed E-state index contributed by atoms with van der Waals surface area (Å²) in [6.07, 6.45) is 44.4. The highest BCUT2D eigenvalue weighted by Crippen LogP contribution is 2.26. The van der Waals surface area contributed by atoms with Gasteiger partial charge in [-0.05, 0) is 89.8 Å². The Hall–Kier alpha value is -1.89. The second kappa shape index (κ2) is 45.7.